The molecule has 214 valence electrons. The molecule has 3 rings (SSSR count). The number of aryl methyl sites for hydroxylation is 2. The van der Waals surface area contributed by atoms with Crippen LogP contribution in [0, 0.1) is 13.8 Å². The van der Waals surface area contributed by atoms with Crippen molar-refractivity contribution in [1.29, 1.82) is 0 Å². The number of nitrogens with zero attached hydrogens (tertiary/aromatic N) is 2. The maximum Gasteiger partial charge on any atom is 0.264 e. The van der Waals surface area contributed by atoms with Crippen LogP contribution >= 0.6 is 0 Å². The number of ether oxygens (including phenoxy) is 1. The van der Waals surface area contributed by atoms with E-state index >= 15 is 0 Å². The number of carbonyl (C=O) groups is 2. The summed E-state index contributed by atoms with van der Waals surface area (Å²) in [5, 5.41) is 2.89. The summed E-state index contributed by atoms with van der Waals surface area (Å²) in [6.07, 6.45) is 1.74. The number of rotatable bonds is 13. The number of unbranched alkanes of at least 4 members (excludes halogenated alkanes) is 1. The van der Waals surface area contributed by atoms with Crippen molar-refractivity contribution < 1.29 is 22.7 Å². The lowest BCUT2D eigenvalue weighted by atomic mass is 10.1. The fourth-order valence-corrected chi connectivity index (χ4v) is 5.90. The minimum absolute atomic E-state index is 0.0764. The van der Waals surface area contributed by atoms with Gasteiger partial charge in [0.25, 0.3) is 10.0 Å². The smallest absolute Gasteiger partial charge is 0.264 e. The number of methoxy groups -OCH3 is 1. The molecule has 3 aromatic rings. The van der Waals surface area contributed by atoms with E-state index in [0.29, 0.717) is 18.0 Å². The molecule has 2 amide bonds. The predicted octanol–water partition coefficient (Wildman–Crippen LogP) is 4.84. The lowest BCUT2D eigenvalue weighted by Gasteiger charge is -2.32. The molecule has 0 spiro atoms. The fraction of sp³-hybridized carbons (Fsp3) is 0.355. The van der Waals surface area contributed by atoms with Gasteiger partial charge in [0.2, 0.25) is 11.8 Å². The summed E-state index contributed by atoms with van der Waals surface area (Å²) in [6.45, 7) is 7.56. The summed E-state index contributed by atoms with van der Waals surface area (Å²) in [5.74, 6) is -0.178. The van der Waals surface area contributed by atoms with Crippen LogP contribution in [0.2, 0.25) is 0 Å². The Balaban J connectivity index is 2.03. The zero-order valence-electron chi connectivity index (χ0n) is 23.9. The second-order valence-electron chi connectivity index (χ2n) is 9.81. The van der Waals surface area contributed by atoms with Crippen LogP contribution in [0.25, 0.3) is 0 Å². The Labute approximate surface area is 238 Å². The highest BCUT2D eigenvalue weighted by atomic mass is 32.2. The molecule has 0 unspecified atom stereocenters. The average Bonchev–Trinajstić information content (AvgIpc) is 2.95. The number of nitrogens with one attached hydrogen (secondary N) is 1. The molecule has 0 saturated carbocycles. The molecule has 0 saturated heterocycles. The first-order valence-corrected chi connectivity index (χ1v) is 14.9. The van der Waals surface area contributed by atoms with E-state index in [2.05, 4.69) is 5.32 Å². The van der Waals surface area contributed by atoms with Gasteiger partial charge in [-0.15, -0.1) is 0 Å². The molecule has 9 heteroatoms. The van der Waals surface area contributed by atoms with Gasteiger partial charge in [0.1, 0.15) is 18.3 Å². The van der Waals surface area contributed by atoms with Crippen LogP contribution in [0.5, 0.6) is 5.75 Å². The third-order valence-electron chi connectivity index (χ3n) is 6.71. The third kappa shape index (κ3) is 7.63. The van der Waals surface area contributed by atoms with Gasteiger partial charge >= 0.3 is 0 Å². The molecule has 0 heterocycles. The van der Waals surface area contributed by atoms with Crippen LogP contribution in [-0.4, -0.2) is 51.4 Å². The SMILES string of the molecule is CCCCNC(=O)[C@@H](C)N(Cc1cccc(OC)c1)C(=O)CN(c1ccc(C)cc1C)S(=O)(=O)c1ccccc1. The molecular weight excluding hydrogens is 526 g/mol. The molecule has 1 atom stereocenters. The number of benzene rings is 3. The number of amides is 2. The lowest BCUT2D eigenvalue weighted by molar-refractivity contribution is -0.139. The van der Waals surface area contributed by atoms with Crippen LogP contribution in [0.4, 0.5) is 5.69 Å². The van der Waals surface area contributed by atoms with E-state index in [4.69, 9.17) is 4.74 Å². The van der Waals surface area contributed by atoms with Crippen LogP contribution in [0.15, 0.2) is 77.7 Å². The standard InChI is InChI=1S/C31H39N3O5S/c1-6-7-18-32-31(36)25(4)33(21-26-12-11-13-27(20-26)39-5)30(35)22-34(29-17-16-23(2)19-24(29)3)40(37,38)28-14-9-8-10-15-28/h8-17,19-20,25H,6-7,18,21-22H2,1-5H3,(H,32,36)/t25-/m1/s1. The van der Waals surface area contributed by atoms with Gasteiger partial charge in [0.05, 0.1) is 17.7 Å². The van der Waals surface area contributed by atoms with Crippen molar-refractivity contribution in [3.05, 3.63) is 89.5 Å². The number of anilines is 1. The molecule has 8 nitrogen and oxygen atoms in total. The summed E-state index contributed by atoms with van der Waals surface area (Å²) in [7, 11) is -2.54. The highest BCUT2D eigenvalue weighted by Gasteiger charge is 2.33. The van der Waals surface area contributed by atoms with Crippen molar-refractivity contribution in [3.8, 4) is 5.75 Å². The molecular formula is C31H39N3O5S. The topological polar surface area (TPSA) is 96.0 Å². The van der Waals surface area contributed by atoms with E-state index in [1.54, 1.807) is 50.4 Å². The predicted molar refractivity (Wildman–Crippen MR) is 158 cm³/mol. The van der Waals surface area contributed by atoms with Crippen molar-refractivity contribution in [3.63, 3.8) is 0 Å². The van der Waals surface area contributed by atoms with Crippen LogP contribution < -0.4 is 14.4 Å². The Morgan fingerprint density at radius 1 is 0.975 bits per heavy atom. The summed E-state index contributed by atoms with van der Waals surface area (Å²) < 4.78 is 34.3. The zero-order valence-corrected chi connectivity index (χ0v) is 24.7. The van der Waals surface area contributed by atoms with Gasteiger partial charge in [0.15, 0.2) is 0 Å². The van der Waals surface area contributed by atoms with Gasteiger partial charge in [-0.25, -0.2) is 8.42 Å². The van der Waals surface area contributed by atoms with Gasteiger partial charge in [0, 0.05) is 13.1 Å². The van der Waals surface area contributed by atoms with Gasteiger partial charge in [-0.1, -0.05) is 61.4 Å². The Bertz CT molecular complexity index is 1410. The van der Waals surface area contributed by atoms with Gasteiger partial charge in [-0.3, -0.25) is 13.9 Å². The van der Waals surface area contributed by atoms with Crippen molar-refractivity contribution in [2.75, 3.05) is 24.5 Å². The highest BCUT2D eigenvalue weighted by molar-refractivity contribution is 7.92. The maximum atomic E-state index is 14.0. The minimum Gasteiger partial charge on any atom is -0.497 e. The molecule has 0 aliphatic carbocycles. The molecule has 1 N–H and O–H groups in total. The summed E-state index contributed by atoms with van der Waals surface area (Å²) in [6, 6.07) is 19.9. The second-order valence-corrected chi connectivity index (χ2v) is 11.7. The van der Waals surface area contributed by atoms with E-state index in [1.807, 2.05) is 45.0 Å². The monoisotopic (exact) mass is 565 g/mol. The number of hydrogen-bond acceptors (Lipinski definition) is 5. The zero-order chi connectivity index (χ0) is 29.3. The van der Waals surface area contributed by atoms with Crippen molar-refractivity contribution in [2.45, 2.75) is 58.0 Å². The quantitative estimate of drug-likeness (QED) is 0.299. The Kier molecular flexibility index (Phi) is 10.7. The molecule has 0 fully saturated rings. The number of sulfonamides is 1. The molecule has 0 radical (unpaired) electrons. The van der Waals surface area contributed by atoms with Gasteiger partial charge in [-0.05, 0) is 68.7 Å². The van der Waals surface area contributed by atoms with E-state index < -0.39 is 28.5 Å². The van der Waals surface area contributed by atoms with Crippen molar-refractivity contribution in [2.24, 2.45) is 0 Å². The Hall–Kier alpha value is -3.85. The fourth-order valence-electron chi connectivity index (χ4n) is 4.40. The van der Waals surface area contributed by atoms with Crippen LogP contribution in [0.1, 0.15) is 43.4 Å². The molecule has 0 aromatic heterocycles. The second kappa shape index (κ2) is 14.0. The molecule has 0 aliphatic rings. The third-order valence-corrected chi connectivity index (χ3v) is 8.49. The van der Waals surface area contributed by atoms with E-state index in [9.17, 15) is 18.0 Å². The number of carbonyl (C=O) groups excluding carboxylic acids is 2. The van der Waals surface area contributed by atoms with Crippen LogP contribution in [0.3, 0.4) is 0 Å². The normalized spacial score (nSPS) is 11.9. The summed E-state index contributed by atoms with van der Waals surface area (Å²) >= 11 is 0. The van der Waals surface area contributed by atoms with E-state index in [0.717, 1.165) is 33.8 Å². The molecule has 40 heavy (non-hydrogen) atoms. The van der Waals surface area contributed by atoms with Gasteiger partial charge in [-0.2, -0.15) is 0 Å². The Morgan fingerprint density at radius 2 is 1.70 bits per heavy atom. The largest absolute Gasteiger partial charge is 0.497 e. The summed E-state index contributed by atoms with van der Waals surface area (Å²) in [5.41, 5.74) is 2.85. The minimum atomic E-state index is -4.10. The molecule has 3 aromatic carbocycles. The lowest BCUT2D eigenvalue weighted by Crippen LogP contribution is -2.51. The van der Waals surface area contributed by atoms with Gasteiger partial charge < -0.3 is 15.0 Å². The number of hydrogen-bond donors (Lipinski definition) is 1. The average molecular weight is 566 g/mol. The molecule has 0 bridgehead atoms. The van der Waals surface area contributed by atoms with Crippen molar-refractivity contribution in [1.82, 2.24) is 10.2 Å². The first-order valence-electron chi connectivity index (χ1n) is 13.4. The first-order chi connectivity index (χ1) is 19.1. The van der Waals surface area contributed by atoms with Crippen LogP contribution in [-0.2, 0) is 26.2 Å². The van der Waals surface area contributed by atoms with Crippen molar-refractivity contribution >= 4 is 27.5 Å². The van der Waals surface area contributed by atoms with E-state index in [-0.39, 0.29) is 17.3 Å². The summed E-state index contributed by atoms with van der Waals surface area (Å²) in [4.78, 5) is 28.6. The first kappa shape index (κ1) is 30.7. The van der Waals surface area contributed by atoms with E-state index in [1.165, 1.54) is 17.0 Å². The maximum absolute atomic E-state index is 14.0. The highest BCUT2D eigenvalue weighted by Crippen LogP contribution is 2.28. The Morgan fingerprint density at radius 3 is 2.35 bits per heavy atom. The molecule has 0 aliphatic heterocycles.